The van der Waals surface area contributed by atoms with Crippen LogP contribution < -0.4 is 10.9 Å². The lowest BCUT2D eigenvalue weighted by atomic mass is 10.1. The minimum absolute atomic E-state index is 0.142. The van der Waals surface area contributed by atoms with Crippen LogP contribution in [0.5, 0.6) is 0 Å². The summed E-state index contributed by atoms with van der Waals surface area (Å²) in [6, 6.07) is 17.6. The van der Waals surface area contributed by atoms with Crippen LogP contribution in [0.1, 0.15) is 12.0 Å². The summed E-state index contributed by atoms with van der Waals surface area (Å²) < 4.78 is 24.4. The average Bonchev–Trinajstić information content (AvgIpc) is 2.65. The number of hydrogen-bond acceptors (Lipinski definition) is 5. The van der Waals surface area contributed by atoms with Gasteiger partial charge in [-0.05, 0) is 36.8 Å². The monoisotopic (exact) mass is 369 g/mol. The number of nitrogens with zero attached hydrogens (tertiary/aromatic N) is 1. The lowest BCUT2D eigenvalue weighted by molar-refractivity contribution is -0.120. The summed E-state index contributed by atoms with van der Waals surface area (Å²) in [6.07, 6.45) is -0.142. The van der Waals surface area contributed by atoms with Gasteiger partial charge in [-0.3, -0.25) is 15.6 Å². The van der Waals surface area contributed by atoms with E-state index in [1.165, 1.54) is 12.1 Å². The number of para-hydroxylation sites is 1. The zero-order chi connectivity index (χ0) is 18.6. The lowest BCUT2D eigenvalue weighted by Crippen LogP contribution is -2.31. The number of sulfone groups is 1. The number of fused-ring (bicyclic) bond motifs is 1. The molecule has 1 amide bonds. The first-order valence-electron chi connectivity index (χ1n) is 8.15. The van der Waals surface area contributed by atoms with Crippen molar-refractivity contribution in [1.29, 1.82) is 0 Å². The van der Waals surface area contributed by atoms with Gasteiger partial charge in [0, 0.05) is 11.8 Å². The molecule has 0 saturated heterocycles. The minimum atomic E-state index is -3.48. The minimum Gasteiger partial charge on any atom is -0.282 e. The summed E-state index contributed by atoms with van der Waals surface area (Å²) >= 11 is 0. The molecular weight excluding hydrogens is 350 g/mol. The first kappa shape index (κ1) is 17.9. The van der Waals surface area contributed by atoms with E-state index < -0.39 is 15.7 Å². The molecule has 26 heavy (non-hydrogen) atoms. The van der Waals surface area contributed by atoms with Gasteiger partial charge in [-0.15, -0.1) is 0 Å². The number of benzene rings is 2. The van der Waals surface area contributed by atoms with Gasteiger partial charge in [-0.25, -0.2) is 13.4 Å². The van der Waals surface area contributed by atoms with Crippen LogP contribution in [0.15, 0.2) is 65.6 Å². The Balaban J connectivity index is 1.59. The van der Waals surface area contributed by atoms with Crippen molar-refractivity contribution in [2.24, 2.45) is 0 Å². The lowest BCUT2D eigenvalue weighted by Gasteiger charge is -2.10. The molecule has 0 aliphatic rings. The van der Waals surface area contributed by atoms with E-state index in [4.69, 9.17) is 0 Å². The number of hydrazine groups is 1. The van der Waals surface area contributed by atoms with Crippen molar-refractivity contribution in [2.45, 2.75) is 18.2 Å². The number of pyridine rings is 1. The van der Waals surface area contributed by atoms with Gasteiger partial charge in [-0.2, -0.15) is 0 Å². The summed E-state index contributed by atoms with van der Waals surface area (Å²) in [4.78, 5) is 16.6. The van der Waals surface area contributed by atoms with Gasteiger partial charge < -0.3 is 0 Å². The maximum absolute atomic E-state index is 12.2. The van der Waals surface area contributed by atoms with Crippen molar-refractivity contribution < 1.29 is 13.2 Å². The number of rotatable bonds is 6. The van der Waals surface area contributed by atoms with Crippen LogP contribution in [0, 0.1) is 6.92 Å². The third kappa shape index (κ3) is 4.18. The predicted octanol–water partition coefficient (Wildman–Crippen LogP) is 2.85. The van der Waals surface area contributed by atoms with Crippen molar-refractivity contribution in [1.82, 2.24) is 10.4 Å². The van der Waals surface area contributed by atoms with Crippen LogP contribution in [-0.2, 0) is 14.6 Å². The molecule has 2 aromatic carbocycles. The number of aromatic nitrogens is 1. The van der Waals surface area contributed by atoms with E-state index in [1.807, 2.05) is 37.3 Å². The van der Waals surface area contributed by atoms with Crippen LogP contribution in [0.2, 0.25) is 0 Å². The van der Waals surface area contributed by atoms with Gasteiger partial charge >= 0.3 is 0 Å². The molecule has 3 aromatic rings. The van der Waals surface area contributed by atoms with Crippen LogP contribution in [0.3, 0.4) is 0 Å². The summed E-state index contributed by atoms with van der Waals surface area (Å²) in [6.45, 7) is 1.96. The molecule has 2 N–H and O–H groups in total. The summed E-state index contributed by atoms with van der Waals surface area (Å²) in [5.74, 6) is -0.174. The number of amides is 1. The van der Waals surface area contributed by atoms with E-state index in [-0.39, 0.29) is 17.1 Å². The third-order valence-electron chi connectivity index (χ3n) is 3.95. The zero-order valence-electron chi connectivity index (χ0n) is 14.3. The SMILES string of the molecule is Cc1cc(NNC(=O)CCS(=O)(=O)c2ccccc2)nc2ccccc12. The van der Waals surface area contributed by atoms with E-state index in [1.54, 1.807) is 18.2 Å². The van der Waals surface area contributed by atoms with Crippen molar-refractivity contribution >= 4 is 32.5 Å². The van der Waals surface area contributed by atoms with Crippen LogP contribution in [-0.4, -0.2) is 25.1 Å². The number of aryl methyl sites for hydroxylation is 1. The maximum atomic E-state index is 12.2. The molecular formula is C19H19N3O3S. The number of carbonyl (C=O) groups is 1. The average molecular weight is 369 g/mol. The number of nitrogens with one attached hydrogen (secondary N) is 2. The highest BCUT2D eigenvalue weighted by molar-refractivity contribution is 7.91. The highest BCUT2D eigenvalue weighted by Gasteiger charge is 2.16. The summed E-state index contributed by atoms with van der Waals surface area (Å²) in [5, 5.41) is 1.04. The standard InChI is InChI=1S/C19H19N3O3S/c1-14-13-18(20-17-10-6-5-9-16(14)17)21-22-19(23)11-12-26(24,25)15-7-3-2-4-8-15/h2-10,13H,11-12H2,1H3,(H,20,21)(H,22,23). The Morgan fingerprint density at radius 1 is 1.04 bits per heavy atom. The fourth-order valence-corrected chi connectivity index (χ4v) is 3.84. The van der Waals surface area contributed by atoms with Gasteiger partial charge in [0.2, 0.25) is 5.91 Å². The predicted molar refractivity (Wildman–Crippen MR) is 101 cm³/mol. The molecule has 6 nitrogen and oxygen atoms in total. The number of anilines is 1. The van der Waals surface area contributed by atoms with Gasteiger partial charge in [0.15, 0.2) is 9.84 Å². The molecule has 0 unspecified atom stereocenters. The first-order chi connectivity index (χ1) is 12.5. The number of carbonyl (C=O) groups excluding carboxylic acids is 1. The van der Waals surface area contributed by atoms with Gasteiger partial charge in [-0.1, -0.05) is 36.4 Å². The Kier molecular flexibility index (Phi) is 5.18. The molecule has 1 aromatic heterocycles. The van der Waals surface area contributed by atoms with Gasteiger partial charge in [0.05, 0.1) is 16.2 Å². The highest BCUT2D eigenvalue weighted by Crippen LogP contribution is 2.19. The largest absolute Gasteiger partial charge is 0.282 e. The Hall–Kier alpha value is -2.93. The molecule has 0 atom stereocenters. The van der Waals surface area contributed by atoms with Gasteiger partial charge in [0.25, 0.3) is 0 Å². The topological polar surface area (TPSA) is 88.2 Å². The van der Waals surface area contributed by atoms with Crippen molar-refractivity contribution in [3.8, 4) is 0 Å². The second-order valence-corrected chi connectivity index (χ2v) is 8.01. The fourth-order valence-electron chi connectivity index (χ4n) is 2.58. The number of hydrogen-bond donors (Lipinski definition) is 2. The highest BCUT2D eigenvalue weighted by atomic mass is 32.2. The molecule has 0 spiro atoms. The normalized spacial score (nSPS) is 11.3. The molecule has 0 aliphatic carbocycles. The van der Waals surface area contributed by atoms with Crippen LogP contribution in [0.25, 0.3) is 10.9 Å². The van der Waals surface area contributed by atoms with E-state index >= 15 is 0 Å². The second-order valence-electron chi connectivity index (χ2n) is 5.90. The fraction of sp³-hybridized carbons (Fsp3) is 0.158. The van der Waals surface area contributed by atoms with Crippen LogP contribution >= 0.6 is 0 Å². The van der Waals surface area contributed by atoms with E-state index in [0.29, 0.717) is 5.82 Å². The smallest absolute Gasteiger partial charge is 0.239 e. The van der Waals surface area contributed by atoms with Crippen molar-refractivity contribution in [2.75, 3.05) is 11.2 Å². The molecule has 0 bridgehead atoms. The maximum Gasteiger partial charge on any atom is 0.239 e. The third-order valence-corrected chi connectivity index (χ3v) is 5.69. The second kappa shape index (κ2) is 7.53. The quantitative estimate of drug-likeness (QED) is 0.652. The Morgan fingerprint density at radius 3 is 2.50 bits per heavy atom. The zero-order valence-corrected chi connectivity index (χ0v) is 15.1. The molecule has 1 heterocycles. The van der Waals surface area contributed by atoms with E-state index in [0.717, 1.165) is 16.5 Å². The molecule has 0 saturated carbocycles. The molecule has 0 radical (unpaired) electrons. The Morgan fingerprint density at radius 2 is 1.73 bits per heavy atom. The summed E-state index contributed by atoms with van der Waals surface area (Å²) in [5.41, 5.74) is 7.09. The van der Waals surface area contributed by atoms with E-state index in [2.05, 4.69) is 15.8 Å². The van der Waals surface area contributed by atoms with Crippen molar-refractivity contribution in [3.63, 3.8) is 0 Å². The Bertz CT molecular complexity index is 1030. The first-order valence-corrected chi connectivity index (χ1v) is 9.80. The molecule has 7 heteroatoms. The van der Waals surface area contributed by atoms with Gasteiger partial charge in [0.1, 0.15) is 5.82 Å². The summed E-state index contributed by atoms with van der Waals surface area (Å²) in [7, 11) is -3.48. The Labute approximate surface area is 152 Å². The van der Waals surface area contributed by atoms with E-state index in [9.17, 15) is 13.2 Å². The molecule has 134 valence electrons. The molecule has 0 fully saturated rings. The molecule has 0 aliphatic heterocycles. The van der Waals surface area contributed by atoms with Crippen LogP contribution in [0.4, 0.5) is 5.82 Å². The molecule has 3 rings (SSSR count). The van der Waals surface area contributed by atoms with Crippen molar-refractivity contribution in [3.05, 3.63) is 66.2 Å².